The summed E-state index contributed by atoms with van der Waals surface area (Å²) in [5, 5.41) is 3.98. The summed E-state index contributed by atoms with van der Waals surface area (Å²) in [5.41, 5.74) is 8.15. The van der Waals surface area contributed by atoms with Crippen LogP contribution < -0.4 is 5.73 Å². The van der Waals surface area contributed by atoms with Gasteiger partial charge in [0.25, 0.3) is 5.89 Å². The highest BCUT2D eigenvalue weighted by Gasteiger charge is 2.12. The summed E-state index contributed by atoms with van der Waals surface area (Å²) in [6.07, 6.45) is 0. The van der Waals surface area contributed by atoms with E-state index in [1.807, 2.05) is 42.5 Å². The van der Waals surface area contributed by atoms with Crippen LogP contribution >= 0.6 is 15.9 Å². The van der Waals surface area contributed by atoms with Crippen LogP contribution in [0.3, 0.4) is 0 Å². The zero-order chi connectivity index (χ0) is 13.2. The molecular formula is C14H10BrN3O. The maximum Gasteiger partial charge on any atom is 0.260 e. The Labute approximate surface area is 118 Å². The summed E-state index contributed by atoms with van der Waals surface area (Å²) >= 11 is 3.39. The average molecular weight is 316 g/mol. The molecule has 0 spiro atoms. The minimum absolute atomic E-state index is 0.427. The SMILES string of the molecule is Nc1ccccc1-c1nc(-c2ccc(Br)cc2)no1. The Balaban J connectivity index is 2.00. The van der Waals surface area contributed by atoms with Gasteiger partial charge in [0.15, 0.2) is 0 Å². The number of benzene rings is 2. The van der Waals surface area contributed by atoms with Gasteiger partial charge in [-0.1, -0.05) is 33.2 Å². The number of aromatic nitrogens is 2. The predicted octanol–water partition coefficient (Wildman–Crippen LogP) is 3.75. The summed E-state index contributed by atoms with van der Waals surface area (Å²) in [5.74, 6) is 0.974. The van der Waals surface area contributed by atoms with Crippen LogP contribution in [-0.4, -0.2) is 10.1 Å². The van der Waals surface area contributed by atoms with Crippen molar-refractivity contribution in [2.45, 2.75) is 0 Å². The maximum absolute atomic E-state index is 5.89. The largest absolute Gasteiger partial charge is 0.398 e. The van der Waals surface area contributed by atoms with Gasteiger partial charge in [-0.3, -0.25) is 0 Å². The first-order chi connectivity index (χ1) is 9.24. The molecule has 4 nitrogen and oxygen atoms in total. The molecule has 0 saturated carbocycles. The Morgan fingerprint density at radius 3 is 2.47 bits per heavy atom. The van der Waals surface area contributed by atoms with Gasteiger partial charge in [-0.25, -0.2) is 0 Å². The Bertz CT molecular complexity index is 707. The van der Waals surface area contributed by atoms with Gasteiger partial charge in [0, 0.05) is 15.7 Å². The zero-order valence-electron chi connectivity index (χ0n) is 9.88. The molecule has 3 rings (SSSR count). The van der Waals surface area contributed by atoms with Crippen molar-refractivity contribution in [1.82, 2.24) is 10.1 Å². The van der Waals surface area contributed by atoms with Crippen LogP contribution in [0, 0.1) is 0 Å². The predicted molar refractivity (Wildman–Crippen MR) is 77.3 cm³/mol. The molecular weight excluding hydrogens is 306 g/mol. The number of nitrogen functional groups attached to an aromatic ring is 1. The van der Waals surface area contributed by atoms with E-state index in [-0.39, 0.29) is 0 Å². The molecule has 0 aliphatic heterocycles. The number of hydrogen-bond donors (Lipinski definition) is 1. The number of anilines is 1. The van der Waals surface area contributed by atoms with Crippen molar-refractivity contribution in [3.8, 4) is 22.8 Å². The molecule has 0 saturated heterocycles. The summed E-state index contributed by atoms with van der Waals surface area (Å²) in [6, 6.07) is 15.1. The number of rotatable bonds is 2. The third-order valence-corrected chi connectivity index (χ3v) is 3.25. The van der Waals surface area contributed by atoms with Crippen molar-refractivity contribution < 1.29 is 4.52 Å². The second-order valence-electron chi connectivity index (χ2n) is 4.02. The molecule has 2 N–H and O–H groups in total. The van der Waals surface area contributed by atoms with Crippen LogP contribution in [-0.2, 0) is 0 Å². The van der Waals surface area contributed by atoms with Gasteiger partial charge in [-0.05, 0) is 36.4 Å². The number of nitrogens with two attached hydrogens (primary N) is 1. The molecule has 5 heteroatoms. The fourth-order valence-electron chi connectivity index (χ4n) is 1.74. The van der Waals surface area contributed by atoms with Crippen molar-refractivity contribution in [3.05, 3.63) is 53.0 Å². The van der Waals surface area contributed by atoms with Gasteiger partial charge < -0.3 is 10.3 Å². The van der Waals surface area contributed by atoms with Gasteiger partial charge in [-0.15, -0.1) is 0 Å². The van der Waals surface area contributed by atoms with Crippen molar-refractivity contribution in [3.63, 3.8) is 0 Å². The number of nitrogens with zero attached hydrogens (tertiary/aromatic N) is 2. The lowest BCUT2D eigenvalue weighted by Crippen LogP contribution is -1.89. The quantitative estimate of drug-likeness (QED) is 0.731. The molecule has 19 heavy (non-hydrogen) atoms. The molecule has 0 atom stereocenters. The molecule has 0 amide bonds. The van der Waals surface area contributed by atoms with Gasteiger partial charge in [0.1, 0.15) is 0 Å². The number of para-hydroxylation sites is 1. The zero-order valence-corrected chi connectivity index (χ0v) is 11.5. The van der Waals surface area contributed by atoms with Crippen LogP contribution in [0.25, 0.3) is 22.8 Å². The van der Waals surface area contributed by atoms with Gasteiger partial charge in [0.05, 0.1) is 5.56 Å². The highest BCUT2D eigenvalue weighted by molar-refractivity contribution is 9.10. The van der Waals surface area contributed by atoms with E-state index in [4.69, 9.17) is 10.3 Å². The van der Waals surface area contributed by atoms with Gasteiger partial charge in [0.2, 0.25) is 5.82 Å². The third kappa shape index (κ3) is 2.37. The van der Waals surface area contributed by atoms with E-state index in [1.54, 1.807) is 6.07 Å². The fraction of sp³-hybridized carbons (Fsp3) is 0. The molecule has 94 valence electrons. The standard InChI is InChI=1S/C14H10BrN3O/c15-10-7-5-9(6-8-10)13-17-14(19-18-13)11-3-1-2-4-12(11)16/h1-8H,16H2. The van der Waals surface area contributed by atoms with Crippen molar-refractivity contribution >= 4 is 21.6 Å². The highest BCUT2D eigenvalue weighted by atomic mass is 79.9. The van der Waals surface area contributed by atoms with Crippen molar-refractivity contribution in [2.24, 2.45) is 0 Å². The molecule has 0 aliphatic rings. The van der Waals surface area contributed by atoms with Crippen molar-refractivity contribution in [1.29, 1.82) is 0 Å². The first-order valence-corrected chi connectivity index (χ1v) is 6.48. The Morgan fingerprint density at radius 1 is 1.00 bits per heavy atom. The molecule has 1 heterocycles. The van der Waals surface area contributed by atoms with E-state index in [9.17, 15) is 0 Å². The number of hydrogen-bond acceptors (Lipinski definition) is 4. The lowest BCUT2D eigenvalue weighted by atomic mass is 10.2. The first-order valence-electron chi connectivity index (χ1n) is 5.68. The van der Waals surface area contributed by atoms with E-state index in [0.717, 1.165) is 15.6 Å². The van der Waals surface area contributed by atoms with Crippen LogP contribution in [0.2, 0.25) is 0 Å². The third-order valence-electron chi connectivity index (χ3n) is 2.72. The molecule has 0 radical (unpaired) electrons. The van der Waals surface area contributed by atoms with Crippen LogP contribution in [0.4, 0.5) is 5.69 Å². The second-order valence-corrected chi connectivity index (χ2v) is 4.93. The summed E-state index contributed by atoms with van der Waals surface area (Å²) in [6.45, 7) is 0. The average Bonchev–Trinajstić information content (AvgIpc) is 2.89. The smallest absolute Gasteiger partial charge is 0.260 e. The Morgan fingerprint density at radius 2 is 1.74 bits per heavy atom. The van der Waals surface area contributed by atoms with Crippen LogP contribution in [0.1, 0.15) is 0 Å². The topological polar surface area (TPSA) is 64.9 Å². The monoisotopic (exact) mass is 315 g/mol. The van der Waals surface area contributed by atoms with E-state index in [1.165, 1.54) is 0 Å². The Kier molecular flexibility index (Phi) is 3.05. The molecule has 2 aromatic carbocycles. The van der Waals surface area contributed by atoms with E-state index >= 15 is 0 Å². The van der Waals surface area contributed by atoms with E-state index in [2.05, 4.69) is 26.1 Å². The lowest BCUT2D eigenvalue weighted by molar-refractivity contribution is 0.432. The van der Waals surface area contributed by atoms with Crippen LogP contribution in [0.5, 0.6) is 0 Å². The maximum atomic E-state index is 5.89. The first kappa shape index (κ1) is 11.9. The molecule has 1 aromatic heterocycles. The molecule has 0 aliphatic carbocycles. The normalized spacial score (nSPS) is 10.6. The second kappa shape index (κ2) is 4.85. The summed E-state index contributed by atoms with van der Waals surface area (Å²) < 4.78 is 6.27. The molecule has 0 unspecified atom stereocenters. The molecule has 0 bridgehead atoms. The Hall–Kier alpha value is -2.14. The van der Waals surface area contributed by atoms with E-state index < -0.39 is 0 Å². The highest BCUT2D eigenvalue weighted by Crippen LogP contribution is 2.26. The van der Waals surface area contributed by atoms with Crippen molar-refractivity contribution in [2.75, 3.05) is 5.73 Å². The summed E-state index contributed by atoms with van der Waals surface area (Å²) in [7, 11) is 0. The minimum Gasteiger partial charge on any atom is -0.398 e. The van der Waals surface area contributed by atoms with E-state index in [0.29, 0.717) is 17.4 Å². The van der Waals surface area contributed by atoms with Gasteiger partial charge >= 0.3 is 0 Å². The lowest BCUT2D eigenvalue weighted by Gasteiger charge is -1.98. The van der Waals surface area contributed by atoms with Crippen LogP contribution in [0.15, 0.2) is 57.5 Å². The molecule has 0 fully saturated rings. The van der Waals surface area contributed by atoms with Gasteiger partial charge in [-0.2, -0.15) is 4.98 Å². The summed E-state index contributed by atoms with van der Waals surface area (Å²) in [4.78, 5) is 4.37. The molecule has 3 aromatic rings. The number of halogens is 1. The minimum atomic E-state index is 0.427. The fourth-order valence-corrected chi connectivity index (χ4v) is 2.01.